The molecular formula is C53H89N3O15. The second kappa shape index (κ2) is 27.6. The van der Waals surface area contributed by atoms with Crippen molar-refractivity contribution in [3.63, 3.8) is 0 Å². The van der Waals surface area contributed by atoms with Crippen molar-refractivity contribution in [3.05, 3.63) is 24.3 Å². The number of methoxy groups -OCH3 is 1. The summed E-state index contributed by atoms with van der Waals surface area (Å²) in [6, 6.07) is -0.359. The van der Waals surface area contributed by atoms with Gasteiger partial charge in [0, 0.05) is 51.9 Å². The normalized spacial score (nSPS) is 40.4. The number of hydrogen-bond acceptors (Lipinski definition) is 18. The third-order valence-corrected chi connectivity index (χ3v) is 15.7. The van der Waals surface area contributed by atoms with Crippen LogP contribution in [0.15, 0.2) is 24.3 Å². The average molecular weight is 1010 g/mol. The molecule has 4 heterocycles. The zero-order valence-electron chi connectivity index (χ0n) is 44.5. The Morgan fingerprint density at radius 3 is 2.28 bits per heavy atom. The summed E-state index contributed by atoms with van der Waals surface area (Å²) >= 11 is 0. The first-order chi connectivity index (χ1) is 33.7. The van der Waals surface area contributed by atoms with Gasteiger partial charge in [0.1, 0.15) is 36.3 Å². The fourth-order valence-corrected chi connectivity index (χ4v) is 11.7. The highest BCUT2D eigenvalue weighted by Crippen LogP contribution is 2.39. The zero-order valence-corrected chi connectivity index (χ0v) is 44.5. The van der Waals surface area contributed by atoms with Crippen molar-refractivity contribution in [2.45, 2.75) is 197 Å². The van der Waals surface area contributed by atoms with E-state index in [-0.39, 0.29) is 57.0 Å². The maximum absolute atomic E-state index is 13.9. The Hall–Kier alpha value is -2.88. The lowest BCUT2D eigenvalue weighted by Gasteiger charge is -2.50. The maximum atomic E-state index is 13.9. The standard InChI is InChI=1S/C53H89N3O15/c1-12-42(59)68-41-28-44(61)65-26-23-35(17-16-18-36-21-24-56(10)39-20-15-14-19-38(36)39)30-55(9)31-40(58)32(3)27-37(22-25-57)49(50(41)64-11)71-52-47(62)46(54(7)8)48(33(4)67-52)70-45-29-53(6,63)51(34(5)66-45)69-43(60)13-2/h14-15,19-20,25,32-41,45-52,58,62-63H,12-13,16-18,21-24,26-31H2,1-11H3/t32-,33?,34?,35?,36?,37+,38?,39?,40+,41-,45+,46?,47?,48-,49+,50+,51+,52+,53?/m1/s1. The largest absolute Gasteiger partial charge is 0.466 e. The Kier molecular flexibility index (Phi) is 22.9. The number of ether oxygens (including phenoxy) is 8. The average Bonchev–Trinajstić information content (AvgIpc) is 3.31. The number of carbonyl (C=O) groups excluding carboxylic acids is 4. The Bertz CT molecular complexity index is 1750. The molecule has 18 heteroatoms. The van der Waals surface area contributed by atoms with Crippen LogP contribution < -0.4 is 0 Å². The quantitative estimate of drug-likeness (QED) is 0.113. The van der Waals surface area contributed by atoms with Crippen LogP contribution >= 0.6 is 0 Å². The van der Waals surface area contributed by atoms with Crippen molar-refractivity contribution in [1.82, 2.24) is 14.7 Å². The van der Waals surface area contributed by atoms with E-state index >= 15 is 0 Å². The van der Waals surface area contributed by atoms with Crippen molar-refractivity contribution >= 4 is 24.2 Å². The number of hydrogen-bond donors (Lipinski definition) is 3. The van der Waals surface area contributed by atoms with Gasteiger partial charge in [-0.3, -0.25) is 19.3 Å². The van der Waals surface area contributed by atoms with Crippen LogP contribution in [0.5, 0.6) is 0 Å². The van der Waals surface area contributed by atoms with Crippen LogP contribution in [-0.4, -0.2) is 201 Å². The van der Waals surface area contributed by atoms with E-state index in [9.17, 15) is 34.5 Å². The van der Waals surface area contributed by atoms with Crippen LogP contribution in [0, 0.1) is 29.6 Å². The Balaban J connectivity index is 1.37. The maximum Gasteiger partial charge on any atom is 0.309 e. The number of aldehydes is 1. The summed E-state index contributed by atoms with van der Waals surface area (Å²) in [5, 5.41) is 35.5. The van der Waals surface area contributed by atoms with E-state index in [4.69, 9.17) is 37.9 Å². The topological polar surface area (TPSA) is 213 Å². The van der Waals surface area contributed by atoms with E-state index in [0.717, 1.165) is 38.5 Å². The molecule has 71 heavy (non-hydrogen) atoms. The first-order valence-corrected chi connectivity index (χ1v) is 26.3. The van der Waals surface area contributed by atoms with Gasteiger partial charge in [0.2, 0.25) is 0 Å². The van der Waals surface area contributed by atoms with E-state index in [0.29, 0.717) is 37.4 Å². The van der Waals surface area contributed by atoms with Gasteiger partial charge in [-0.25, -0.2) is 0 Å². The molecule has 0 aromatic heterocycles. The van der Waals surface area contributed by atoms with Gasteiger partial charge in [-0.1, -0.05) is 51.5 Å². The van der Waals surface area contributed by atoms with Crippen molar-refractivity contribution in [1.29, 1.82) is 0 Å². The van der Waals surface area contributed by atoms with E-state index in [1.807, 2.05) is 14.0 Å². The summed E-state index contributed by atoms with van der Waals surface area (Å²) < 4.78 is 49.5. The van der Waals surface area contributed by atoms with Crippen LogP contribution in [0.3, 0.4) is 0 Å². The molecule has 0 spiro atoms. The summed E-state index contributed by atoms with van der Waals surface area (Å²) in [4.78, 5) is 58.2. The molecule has 4 fully saturated rings. The summed E-state index contributed by atoms with van der Waals surface area (Å²) in [6.07, 6.45) is 3.18. The predicted molar refractivity (Wildman–Crippen MR) is 264 cm³/mol. The van der Waals surface area contributed by atoms with Gasteiger partial charge in [0.15, 0.2) is 18.7 Å². The number of β-amino-alcohol motifs (C(OH)–C–C–N with tert-alkyl or cyclic N) is 1. The minimum absolute atomic E-state index is 0.00692. The minimum Gasteiger partial charge on any atom is -0.466 e. The Morgan fingerprint density at radius 2 is 1.62 bits per heavy atom. The minimum atomic E-state index is -1.49. The van der Waals surface area contributed by atoms with E-state index < -0.39 is 103 Å². The van der Waals surface area contributed by atoms with Crippen molar-refractivity contribution in [2.75, 3.05) is 61.5 Å². The van der Waals surface area contributed by atoms with Gasteiger partial charge in [-0.05, 0) is 117 Å². The molecular weight excluding hydrogens is 919 g/mol. The number of cyclic esters (lactones) is 1. The van der Waals surface area contributed by atoms with Gasteiger partial charge >= 0.3 is 17.9 Å². The van der Waals surface area contributed by atoms with Gasteiger partial charge < -0.3 is 67.8 Å². The van der Waals surface area contributed by atoms with Gasteiger partial charge in [0.05, 0.1) is 43.5 Å². The molecule has 5 aliphatic rings. The van der Waals surface area contributed by atoms with Crippen molar-refractivity contribution in [3.8, 4) is 0 Å². The molecule has 18 nitrogen and oxygen atoms in total. The van der Waals surface area contributed by atoms with Crippen molar-refractivity contribution < 1.29 is 72.4 Å². The molecule has 406 valence electrons. The monoisotopic (exact) mass is 1010 g/mol. The van der Waals surface area contributed by atoms with Crippen LogP contribution in [0.1, 0.15) is 112 Å². The summed E-state index contributed by atoms with van der Waals surface area (Å²) in [5.74, 6) is -1.44. The Labute approximate surface area is 423 Å². The Morgan fingerprint density at radius 1 is 0.915 bits per heavy atom. The second-order valence-electron chi connectivity index (χ2n) is 21.6. The first kappa shape index (κ1) is 59.0. The summed E-state index contributed by atoms with van der Waals surface area (Å²) in [7, 11) is 9.13. The van der Waals surface area contributed by atoms with Crippen LogP contribution in [0.2, 0.25) is 0 Å². The fraction of sp³-hybridized carbons (Fsp3) is 0.849. The fourth-order valence-electron chi connectivity index (χ4n) is 11.7. The number of likely N-dealkylation sites (tertiary alicyclic amines) is 1. The molecule has 4 saturated heterocycles. The molecule has 0 radical (unpaired) electrons. The third-order valence-electron chi connectivity index (χ3n) is 15.7. The number of aliphatic hydroxyl groups is 3. The predicted octanol–water partition coefficient (Wildman–Crippen LogP) is 4.05. The molecule has 3 N–H and O–H groups in total. The second-order valence-corrected chi connectivity index (χ2v) is 21.6. The first-order valence-electron chi connectivity index (χ1n) is 26.3. The lowest BCUT2D eigenvalue weighted by atomic mass is 9.75. The molecule has 4 aliphatic heterocycles. The van der Waals surface area contributed by atoms with Gasteiger partial charge in [0.25, 0.3) is 0 Å². The lowest BCUT2D eigenvalue weighted by molar-refractivity contribution is -0.344. The zero-order chi connectivity index (χ0) is 52.2. The molecule has 5 rings (SSSR count). The number of likely N-dealkylation sites (N-methyl/N-ethyl adjacent to an activating group) is 3. The molecule has 1 aliphatic carbocycles. The number of esters is 3. The number of carbonyl (C=O) groups is 4. The number of piperidine rings is 1. The molecule has 0 aromatic rings. The highest BCUT2D eigenvalue weighted by atomic mass is 16.7. The van der Waals surface area contributed by atoms with E-state index in [1.54, 1.807) is 53.6 Å². The highest BCUT2D eigenvalue weighted by molar-refractivity contribution is 5.72. The van der Waals surface area contributed by atoms with Crippen LogP contribution in [0.4, 0.5) is 0 Å². The van der Waals surface area contributed by atoms with Crippen LogP contribution in [-0.2, 0) is 57.1 Å². The SMILES string of the molecule is CCC(=O)O[C@@H]1CC(=O)OCCC(CCCC2CCN(C)C3C=CC=CC23)CN(C)C[C@H](O)[C@H](C)C[C@H](CC=O)[C@H](O[C@@H]2OC(C)[C@@H](O[C@H]3CC(C)(O)[C@@H](OC(=O)CC)C(C)O3)C(N(C)C)C2O)[C@H]1OC. The van der Waals surface area contributed by atoms with E-state index in [1.165, 1.54) is 7.11 Å². The highest BCUT2D eigenvalue weighted by Gasteiger charge is 2.53. The smallest absolute Gasteiger partial charge is 0.309 e. The summed E-state index contributed by atoms with van der Waals surface area (Å²) in [6.45, 7) is 12.5. The molecule has 9 unspecified atom stereocenters. The number of nitrogens with zero attached hydrogens (tertiary/aromatic N) is 3. The number of rotatable bonds is 16. The number of allylic oxidation sites excluding steroid dienone is 2. The van der Waals surface area contributed by atoms with Gasteiger partial charge in [-0.2, -0.15) is 0 Å². The lowest BCUT2D eigenvalue weighted by Crippen LogP contribution is -2.66. The van der Waals surface area contributed by atoms with Crippen molar-refractivity contribution in [2.24, 2.45) is 29.6 Å². The van der Waals surface area contributed by atoms with Crippen LogP contribution in [0.25, 0.3) is 0 Å². The van der Waals surface area contributed by atoms with Gasteiger partial charge in [-0.15, -0.1) is 0 Å². The van der Waals surface area contributed by atoms with E-state index in [2.05, 4.69) is 41.2 Å². The number of fused-ring (bicyclic) bond motifs is 1. The number of aliphatic hydroxyl groups excluding tert-OH is 2. The summed E-state index contributed by atoms with van der Waals surface area (Å²) in [5.41, 5.74) is -1.49. The third kappa shape index (κ3) is 16.1. The molecule has 0 aromatic carbocycles. The molecule has 0 amide bonds. The molecule has 19 atom stereocenters. The molecule has 0 saturated carbocycles. The molecule has 0 bridgehead atoms.